The Kier molecular flexibility index (Phi) is 6.62. The highest BCUT2D eigenvalue weighted by molar-refractivity contribution is 5.06. The van der Waals surface area contributed by atoms with Crippen molar-refractivity contribution in [2.75, 3.05) is 13.6 Å². The van der Waals surface area contributed by atoms with Gasteiger partial charge in [0.15, 0.2) is 0 Å². The molecule has 0 radical (unpaired) electrons. The maximum atomic E-state index is 9.27. The van der Waals surface area contributed by atoms with Crippen molar-refractivity contribution in [3.8, 4) is 6.07 Å². The molecule has 94 valence electrons. The van der Waals surface area contributed by atoms with Crippen molar-refractivity contribution in [2.24, 2.45) is 0 Å². The van der Waals surface area contributed by atoms with E-state index in [4.69, 9.17) is 0 Å². The lowest BCUT2D eigenvalue weighted by molar-refractivity contribution is 0.183. The van der Waals surface area contributed by atoms with E-state index in [0.717, 1.165) is 19.4 Å². The third-order valence-electron chi connectivity index (χ3n) is 2.99. The van der Waals surface area contributed by atoms with E-state index in [1.807, 2.05) is 6.92 Å². The van der Waals surface area contributed by atoms with Crippen LogP contribution in [0.4, 0.5) is 0 Å². The van der Waals surface area contributed by atoms with Crippen molar-refractivity contribution >= 4 is 0 Å². The van der Waals surface area contributed by atoms with Crippen LogP contribution in [0.2, 0.25) is 0 Å². The SMILES string of the molecule is CCC(CC)N(C)CC(C)(C#N)NC(C)C. The van der Waals surface area contributed by atoms with Gasteiger partial charge in [0, 0.05) is 18.6 Å². The van der Waals surface area contributed by atoms with Crippen LogP contribution in [0.3, 0.4) is 0 Å². The summed E-state index contributed by atoms with van der Waals surface area (Å²) in [7, 11) is 2.11. The largest absolute Gasteiger partial charge is 0.301 e. The zero-order valence-corrected chi connectivity index (χ0v) is 11.7. The van der Waals surface area contributed by atoms with Crippen LogP contribution < -0.4 is 5.32 Å². The molecule has 0 saturated heterocycles. The second kappa shape index (κ2) is 6.88. The predicted octanol–water partition coefficient (Wildman–Crippen LogP) is 2.39. The van der Waals surface area contributed by atoms with Crippen molar-refractivity contribution < 1.29 is 0 Å². The Labute approximate surface area is 101 Å². The highest BCUT2D eigenvalue weighted by atomic mass is 15.2. The molecule has 1 N–H and O–H groups in total. The van der Waals surface area contributed by atoms with Gasteiger partial charge in [-0.05, 0) is 40.7 Å². The molecule has 0 rings (SSSR count). The molecule has 0 amide bonds. The summed E-state index contributed by atoms with van der Waals surface area (Å²) in [6.45, 7) is 11.3. The molecule has 3 nitrogen and oxygen atoms in total. The highest BCUT2D eigenvalue weighted by Crippen LogP contribution is 2.12. The first-order chi connectivity index (χ1) is 7.38. The third kappa shape index (κ3) is 4.96. The highest BCUT2D eigenvalue weighted by Gasteiger charge is 2.27. The maximum absolute atomic E-state index is 9.27. The Bertz CT molecular complexity index is 228. The van der Waals surface area contributed by atoms with Gasteiger partial charge >= 0.3 is 0 Å². The Balaban J connectivity index is 4.47. The van der Waals surface area contributed by atoms with Crippen LogP contribution >= 0.6 is 0 Å². The molecule has 3 heteroatoms. The monoisotopic (exact) mass is 225 g/mol. The summed E-state index contributed by atoms with van der Waals surface area (Å²) in [6.07, 6.45) is 2.27. The van der Waals surface area contributed by atoms with Gasteiger partial charge in [0.2, 0.25) is 0 Å². The molecule has 0 aliphatic carbocycles. The molecule has 0 heterocycles. The summed E-state index contributed by atoms with van der Waals surface area (Å²) in [5.74, 6) is 0. The fourth-order valence-corrected chi connectivity index (χ4v) is 2.29. The average Bonchev–Trinajstić information content (AvgIpc) is 2.18. The van der Waals surface area contributed by atoms with E-state index in [1.165, 1.54) is 0 Å². The fraction of sp³-hybridized carbons (Fsp3) is 0.923. The van der Waals surface area contributed by atoms with Gasteiger partial charge in [0.25, 0.3) is 0 Å². The van der Waals surface area contributed by atoms with Gasteiger partial charge in [0.05, 0.1) is 6.07 Å². The minimum Gasteiger partial charge on any atom is -0.301 e. The smallest absolute Gasteiger partial charge is 0.116 e. The van der Waals surface area contributed by atoms with Gasteiger partial charge in [0.1, 0.15) is 5.54 Å². The first-order valence-electron chi connectivity index (χ1n) is 6.27. The van der Waals surface area contributed by atoms with Crippen LogP contribution in [0.15, 0.2) is 0 Å². The van der Waals surface area contributed by atoms with Crippen molar-refractivity contribution in [3.05, 3.63) is 0 Å². The van der Waals surface area contributed by atoms with E-state index in [9.17, 15) is 5.26 Å². The van der Waals surface area contributed by atoms with E-state index in [1.54, 1.807) is 0 Å². The van der Waals surface area contributed by atoms with Gasteiger partial charge in [-0.25, -0.2) is 0 Å². The van der Waals surface area contributed by atoms with Crippen LogP contribution in [-0.2, 0) is 0 Å². The molecule has 0 aliphatic rings. The molecule has 0 aromatic heterocycles. The molecule has 1 unspecified atom stereocenters. The second-order valence-corrected chi connectivity index (χ2v) is 5.13. The average molecular weight is 225 g/mol. The second-order valence-electron chi connectivity index (χ2n) is 5.13. The van der Waals surface area contributed by atoms with E-state index < -0.39 is 5.54 Å². The zero-order valence-electron chi connectivity index (χ0n) is 11.7. The van der Waals surface area contributed by atoms with Gasteiger partial charge in [-0.2, -0.15) is 5.26 Å². The Morgan fingerprint density at radius 2 is 1.81 bits per heavy atom. The lowest BCUT2D eigenvalue weighted by atomic mass is 10.0. The number of hydrogen-bond donors (Lipinski definition) is 1. The van der Waals surface area contributed by atoms with E-state index in [2.05, 4.69) is 51.0 Å². The number of hydrogen-bond acceptors (Lipinski definition) is 3. The lowest BCUT2D eigenvalue weighted by Crippen LogP contribution is -2.53. The summed E-state index contributed by atoms with van der Waals surface area (Å²) >= 11 is 0. The summed E-state index contributed by atoms with van der Waals surface area (Å²) in [6, 6.07) is 3.30. The van der Waals surface area contributed by atoms with Gasteiger partial charge < -0.3 is 4.90 Å². The van der Waals surface area contributed by atoms with E-state index >= 15 is 0 Å². The Morgan fingerprint density at radius 3 is 2.12 bits per heavy atom. The minimum atomic E-state index is -0.453. The third-order valence-corrected chi connectivity index (χ3v) is 2.99. The van der Waals surface area contributed by atoms with Crippen molar-refractivity contribution in [1.82, 2.24) is 10.2 Å². The molecular weight excluding hydrogens is 198 g/mol. The molecule has 0 aromatic carbocycles. The molecule has 0 aromatic rings. The number of rotatable bonds is 7. The lowest BCUT2D eigenvalue weighted by Gasteiger charge is -2.34. The summed E-state index contributed by atoms with van der Waals surface area (Å²) in [5, 5.41) is 12.6. The quantitative estimate of drug-likeness (QED) is 0.723. The van der Waals surface area contributed by atoms with Gasteiger partial charge in [-0.1, -0.05) is 13.8 Å². The van der Waals surface area contributed by atoms with Crippen LogP contribution in [0, 0.1) is 11.3 Å². The first kappa shape index (κ1) is 15.4. The molecule has 0 bridgehead atoms. The van der Waals surface area contributed by atoms with Crippen molar-refractivity contribution in [2.45, 2.75) is 65.1 Å². The predicted molar refractivity (Wildman–Crippen MR) is 69.3 cm³/mol. The molecule has 0 saturated carbocycles. The van der Waals surface area contributed by atoms with Crippen LogP contribution in [0.25, 0.3) is 0 Å². The number of nitriles is 1. The Hall–Kier alpha value is -0.590. The van der Waals surface area contributed by atoms with Crippen LogP contribution in [-0.4, -0.2) is 36.1 Å². The van der Waals surface area contributed by atoms with Crippen LogP contribution in [0.5, 0.6) is 0 Å². The normalized spacial score (nSPS) is 15.5. The maximum Gasteiger partial charge on any atom is 0.116 e. The Morgan fingerprint density at radius 1 is 1.31 bits per heavy atom. The molecular formula is C13H27N3. The zero-order chi connectivity index (χ0) is 12.8. The van der Waals surface area contributed by atoms with Crippen LogP contribution in [0.1, 0.15) is 47.5 Å². The molecule has 16 heavy (non-hydrogen) atoms. The first-order valence-corrected chi connectivity index (χ1v) is 6.27. The number of nitrogens with one attached hydrogen (secondary N) is 1. The standard InChI is InChI=1S/C13H27N3/c1-7-12(8-2)16(6)10-13(5,9-14)15-11(3)4/h11-12,15H,7-8,10H2,1-6H3. The molecule has 1 atom stereocenters. The number of nitrogens with zero attached hydrogens (tertiary/aromatic N) is 2. The summed E-state index contributed by atoms with van der Waals surface area (Å²) in [4.78, 5) is 2.29. The summed E-state index contributed by atoms with van der Waals surface area (Å²) < 4.78 is 0. The van der Waals surface area contributed by atoms with Gasteiger partial charge in [-0.15, -0.1) is 0 Å². The molecule has 0 fully saturated rings. The number of likely N-dealkylation sites (N-methyl/N-ethyl adjacent to an activating group) is 1. The van der Waals surface area contributed by atoms with Crippen molar-refractivity contribution in [1.29, 1.82) is 5.26 Å². The minimum absolute atomic E-state index is 0.333. The van der Waals surface area contributed by atoms with Gasteiger partial charge in [-0.3, -0.25) is 5.32 Å². The molecule has 0 spiro atoms. The topological polar surface area (TPSA) is 39.1 Å². The van der Waals surface area contributed by atoms with E-state index in [0.29, 0.717) is 12.1 Å². The van der Waals surface area contributed by atoms with Crippen molar-refractivity contribution in [3.63, 3.8) is 0 Å². The summed E-state index contributed by atoms with van der Waals surface area (Å²) in [5.41, 5.74) is -0.453. The molecule has 0 aliphatic heterocycles. The van der Waals surface area contributed by atoms with E-state index in [-0.39, 0.29) is 0 Å². The fourth-order valence-electron chi connectivity index (χ4n) is 2.29.